The topological polar surface area (TPSA) is 3.24 Å². The minimum absolute atomic E-state index is 1.23. The molecule has 0 aliphatic carbocycles. The fourth-order valence-electron chi connectivity index (χ4n) is 2.22. The van der Waals surface area contributed by atoms with Gasteiger partial charge in [-0.1, -0.05) is 30.3 Å². The third-order valence-electron chi connectivity index (χ3n) is 3.12. The van der Waals surface area contributed by atoms with Gasteiger partial charge in [0.2, 0.25) is 0 Å². The van der Waals surface area contributed by atoms with E-state index in [1.54, 1.807) is 0 Å². The van der Waals surface area contributed by atoms with Gasteiger partial charge in [0.05, 0.1) is 0 Å². The van der Waals surface area contributed by atoms with E-state index in [-0.39, 0.29) is 0 Å². The highest BCUT2D eigenvalue weighted by Crippen LogP contribution is 2.32. The molecule has 1 aliphatic rings. The van der Waals surface area contributed by atoms with Crippen molar-refractivity contribution < 1.29 is 0 Å². The van der Waals surface area contributed by atoms with Crippen LogP contribution in [0.15, 0.2) is 41.8 Å². The van der Waals surface area contributed by atoms with Crippen molar-refractivity contribution in [3.05, 3.63) is 41.8 Å². The Morgan fingerprint density at radius 2 is 1.75 bits per heavy atom. The maximum absolute atomic E-state index is 2.49. The molecule has 1 aromatic carbocycles. The Hall–Kier alpha value is -1.28. The van der Waals surface area contributed by atoms with Crippen molar-refractivity contribution in [1.82, 2.24) is 0 Å². The lowest BCUT2D eigenvalue weighted by Crippen LogP contribution is -2.16. The van der Waals surface area contributed by atoms with Crippen LogP contribution in [0.1, 0.15) is 12.8 Å². The smallest absolute Gasteiger partial charge is 0.0481 e. The van der Waals surface area contributed by atoms with Gasteiger partial charge in [0.15, 0.2) is 0 Å². The number of nitrogens with zero attached hydrogens (tertiary/aromatic N) is 1. The fourth-order valence-corrected chi connectivity index (χ4v) is 3.15. The van der Waals surface area contributed by atoms with Crippen LogP contribution in [0.2, 0.25) is 0 Å². The molecule has 1 nitrogen and oxygen atoms in total. The summed E-state index contributed by atoms with van der Waals surface area (Å²) < 4.78 is 0. The lowest BCUT2D eigenvalue weighted by Gasteiger charge is -2.14. The highest BCUT2D eigenvalue weighted by atomic mass is 32.1. The highest BCUT2D eigenvalue weighted by molar-refractivity contribution is 7.14. The Labute approximate surface area is 100 Å². The second kappa shape index (κ2) is 4.30. The maximum Gasteiger partial charge on any atom is 0.0481 e. The van der Waals surface area contributed by atoms with Crippen molar-refractivity contribution in [2.24, 2.45) is 0 Å². The molecule has 2 heterocycles. The van der Waals surface area contributed by atoms with Gasteiger partial charge in [-0.15, -0.1) is 11.3 Å². The maximum atomic E-state index is 2.49. The summed E-state index contributed by atoms with van der Waals surface area (Å²) in [5, 5.41) is 2.29. The van der Waals surface area contributed by atoms with Gasteiger partial charge < -0.3 is 4.90 Å². The average molecular weight is 229 g/mol. The molecule has 1 saturated heterocycles. The molecule has 1 aromatic heterocycles. The van der Waals surface area contributed by atoms with Gasteiger partial charge in [0, 0.05) is 29.0 Å². The average Bonchev–Trinajstić information content (AvgIpc) is 3.01. The van der Waals surface area contributed by atoms with Gasteiger partial charge in [-0.05, 0) is 24.5 Å². The molecule has 3 rings (SSSR count). The summed E-state index contributed by atoms with van der Waals surface area (Å²) in [6.45, 7) is 2.45. The zero-order valence-corrected chi connectivity index (χ0v) is 10.0. The first kappa shape index (κ1) is 9.91. The van der Waals surface area contributed by atoms with Gasteiger partial charge >= 0.3 is 0 Å². The number of rotatable bonds is 2. The Morgan fingerprint density at radius 3 is 2.50 bits per heavy atom. The summed E-state index contributed by atoms with van der Waals surface area (Å²) in [7, 11) is 0. The van der Waals surface area contributed by atoms with Gasteiger partial charge in [-0.2, -0.15) is 0 Å². The lowest BCUT2D eigenvalue weighted by molar-refractivity contribution is 0.949. The van der Waals surface area contributed by atoms with Crippen LogP contribution in [0.5, 0.6) is 0 Å². The van der Waals surface area contributed by atoms with Crippen LogP contribution in [-0.2, 0) is 0 Å². The summed E-state index contributed by atoms with van der Waals surface area (Å²) in [4.78, 5) is 3.87. The van der Waals surface area contributed by atoms with E-state index in [0.717, 1.165) is 0 Å². The lowest BCUT2D eigenvalue weighted by atomic mass is 10.2. The van der Waals surface area contributed by atoms with E-state index in [1.807, 2.05) is 11.3 Å². The Morgan fingerprint density at radius 1 is 1.00 bits per heavy atom. The van der Waals surface area contributed by atoms with Gasteiger partial charge in [0.1, 0.15) is 0 Å². The zero-order chi connectivity index (χ0) is 10.8. The second-order valence-electron chi connectivity index (χ2n) is 4.23. The van der Waals surface area contributed by atoms with Crippen molar-refractivity contribution in [3.8, 4) is 10.4 Å². The number of hydrogen-bond donors (Lipinski definition) is 0. The van der Waals surface area contributed by atoms with Crippen molar-refractivity contribution in [2.45, 2.75) is 12.8 Å². The summed E-state index contributed by atoms with van der Waals surface area (Å²) in [6, 6.07) is 13.0. The summed E-state index contributed by atoms with van der Waals surface area (Å²) in [6.07, 6.45) is 2.69. The molecule has 0 bridgehead atoms. The van der Waals surface area contributed by atoms with Crippen molar-refractivity contribution in [3.63, 3.8) is 0 Å². The molecule has 82 valence electrons. The third-order valence-corrected chi connectivity index (χ3v) is 4.08. The fraction of sp³-hybridized carbons (Fsp3) is 0.286. The van der Waals surface area contributed by atoms with E-state index in [9.17, 15) is 0 Å². The first-order valence-corrected chi connectivity index (χ1v) is 6.70. The second-order valence-corrected chi connectivity index (χ2v) is 5.14. The number of benzene rings is 1. The molecule has 2 aromatic rings. The Kier molecular flexibility index (Phi) is 2.66. The van der Waals surface area contributed by atoms with Crippen LogP contribution < -0.4 is 4.90 Å². The van der Waals surface area contributed by atoms with E-state index in [4.69, 9.17) is 0 Å². The molecule has 2 heteroatoms. The van der Waals surface area contributed by atoms with E-state index < -0.39 is 0 Å². The normalized spacial score (nSPS) is 15.6. The van der Waals surface area contributed by atoms with Crippen LogP contribution in [0.4, 0.5) is 5.69 Å². The molecule has 0 amide bonds. The quantitative estimate of drug-likeness (QED) is 0.752. The van der Waals surface area contributed by atoms with Crippen molar-refractivity contribution in [2.75, 3.05) is 18.0 Å². The first-order chi connectivity index (χ1) is 7.93. The minimum atomic E-state index is 1.23. The van der Waals surface area contributed by atoms with E-state index in [2.05, 4.69) is 46.7 Å². The highest BCUT2D eigenvalue weighted by Gasteiger charge is 2.13. The SMILES string of the molecule is c1ccc(-c2cc(N3CCCC3)cs2)cc1. The van der Waals surface area contributed by atoms with Crippen LogP contribution in [0, 0.1) is 0 Å². The summed E-state index contributed by atoms with van der Waals surface area (Å²) in [5.74, 6) is 0. The standard InChI is InChI=1S/C14H15NS/c1-2-6-12(7-3-1)14-10-13(11-16-14)15-8-4-5-9-15/h1-3,6-7,10-11H,4-5,8-9H2. The monoisotopic (exact) mass is 229 g/mol. The van der Waals surface area contributed by atoms with Crippen molar-refractivity contribution in [1.29, 1.82) is 0 Å². The van der Waals surface area contributed by atoms with Crippen LogP contribution in [0.25, 0.3) is 10.4 Å². The van der Waals surface area contributed by atoms with E-state index in [1.165, 1.54) is 42.1 Å². The zero-order valence-electron chi connectivity index (χ0n) is 9.23. The predicted octanol–water partition coefficient (Wildman–Crippen LogP) is 4.02. The molecule has 1 fully saturated rings. The Balaban J connectivity index is 1.87. The molecule has 1 aliphatic heterocycles. The Bertz CT molecular complexity index is 455. The van der Waals surface area contributed by atoms with Crippen LogP contribution in [0.3, 0.4) is 0 Å². The number of hydrogen-bond acceptors (Lipinski definition) is 2. The van der Waals surface area contributed by atoms with E-state index >= 15 is 0 Å². The van der Waals surface area contributed by atoms with E-state index in [0.29, 0.717) is 0 Å². The molecular formula is C14H15NS. The molecular weight excluding hydrogens is 214 g/mol. The van der Waals surface area contributed by atoms with Gasteiger partial charge in [0.25, 0.3) is 0 Å². The molecule has 0 radical (unpaired) electrons. The number of thiophene rings is 1. The van der Waals surface area contributed by atoms with Crippen LogP contribution in [-0.4, -0.2) is 13.1 Å². The van der Waals surface area contributed by atoms with Crippen molar-refractivity contribution >= 4 is 17.0 Å². The molecule has 0 atom stereocenters. The van der Waals surface area contributed by atoms with Gasteiger partial charge in [-0.3, -0.25) is 0 Å². The predicted molar refractivity (Wildman–Crippen MR) is 71.2 cm³/mol. The molecule has 0 unspecified atom stereocenters. The largest absolute Gasteiger partial charge is 0.371 e. The molecule has 0 saturated carbocycles. The molecule has 16 heavy (non-hydrogen) atoms. The van der Waals surface area contributed by atoms with Crippen LogP contribution >= 0.6 is 11.3 Å². The minimum Gasteiger partial charge on any atom is -0.371 e. The molecule has 0 N–H and O–H groups in total. The number of anilines is 1. The first-order valence-electron chi connectivity index (χ1n) is 5.82. The molecule has 0 spiro atoms. The summed E-state index contributed by atoms with van der Waals surface area (Å²) >= 11 is 1.85. The summed E-state index contributed by atoms with van der Waals surface area (Å²) in [5.41, 5.74) is 2.74. The third kappa shape index (κ3) is 1.85. The van der Waals surface area contributed by atoms with Gasteiger partial charge in [-0.25, -0.2) is 0 Å².